The molecule has 1 atom stereocenters. The van der Waals surface area contributed by atoms with Crippen LogP contribution in [0.5, 0.6) is 5.75 Å². The van der Waals surface area contributed by atoms with Gasteiger partial charge in [0.1, 0.15) is 12.4 Å². The fourth-order valence-corrected chi connectivity index (χ4v) is 4.82. The number of carbonyl (C=O) groups is 1. The van der Waals surface area contributed by atoms with Crippen LogP contribution >= 0.6 is 0 Å². The number of likely N-dealkylation sites (N-methyl/N-ethyl adjacent to an activating group) is 1. The molecule has 0 saturated carbocycles. The van der Waals surface area contributed by atoms with Gasteiger partial charge in [0.05, 0.1) is 17.3 Å². The number of hydrogen-bond donors (Lipinski definition) is 0. The molecule has 1 fully saturated rings. The van der Waals surface area contributed by atoms with Crippen LogP contribution in [0.3, 0.4) is 0 Å². The van der Waals surface area contributed by atoms with E-state index >= 15 is 0 Å². The molecule has 1 aliphatic heterocycles. The zero-order chi connectivity index (χ0) is 22.8. The molecule has 2 aliphatic rings. The highest BCUT2D eigenvalue weighted by molar-refractivity contribution is 5.97. The van der Waals surface area contributed by atoms with E-state index < -0.39 is 0 Å². The van der Waals surface area contributed by atoms with E-state index in [9.17, 15) is 4.79 Å². The lowest BCUT2D eigenvalue weighted by Gasteiger charge is -2.38. The number of benzene rings is 2. The van der Waals surface area contributed by atoms with E-state index in [1.54, 1.807) is 0 Å². The SMILES string of the molecule is CN(C)CCOc1ccccc1C(=O)N1CCN(C2c3ccccc3-c3cccnc32)CC1. The molecule has 33 heavy (non-hydrogen) atoms. The molecule has 1 saturated heterocycles. The van der Waals surface area contributed by atoms with Gasteiger partial charge in [-0.3, -0.25) is 14.7 Å². The van der Waals surface area contributed by atoms with Gasteiger partial charge in [-0.05, 0) is 43.4 Å². The Morgan fingerprint density at radius 2 is 1.70 bits per heavy atom. The van der Waals surface area contributed by atoms with Crippen LogP contribution in [0.2, 0.25) is 0 Å². The molecular weight excluding hydrogens is 412 g/mol. The molecular formula is C27H30N4O2. The molecule has 3 aromatic rings. The minimum absolute atomic E-state index is 0.0421. The number of rotatable bonds is 6. The van der Waals surface area contributed by atoms with Crippen molar-refractivity contribution in [2.75, 3.05) is 53.4 Å². The Labute approximate surface area is 195 Å². The summed E-state index contributed by atoms with van der Waals surface area (Å²) in [6.45, 7) is 4.35. The number of hydrogen-bond acceptors (Lipinski definition) is 5. The van der Waals surface area contributed by atoms with Crippen molar-refractivity contribution < 1.29 is 9.53 Å². The van der Waals surface area contributed by atoms with Gasteiger partial charge in [-0.15, -0.1) is 0 Å². The number of amides is 1. The number of carbonyl (C=O) groups excluding carboxylic acids is 1. The van der Waals surface area contributed by atoms with E-state index in [1.165, 1.54) is 16.7 Å². The molecule has 2 heterocycles. The summed E-state index contributed by atoms with van der Waals surface area (Å²) in [7, 11) is 4.02. The average molecular weight is 443 g/mol. The maximum atomic E-state index is 13.3. The summed E-state index contributed by atoms with van der Waals surface area (Å²) >= 11 is 0. The summed E-state index contributed by atoms with van der Waals surface area (Å²) in [6.07, 6.45) is 1.88. The Kier molecular flexibility index (Phi) is 6.11. The second-order valence-electron chi connectivity index (χ2n) is 8.90. The molecule has 1 aliphatic carbocycles. The largest absolute Gasteiger partial charge is 0.491 e. The van der Waals surface area contributed by atoms with Gasteiger partial charge in [-0.1, -0.05) is 42.5 Å². The highest BCUT2D eigenvalue weighted by atomic mass is 16.5. The zero-order valence-electron chi connectivity index (χ0n) is 19.3. The normalized spacial score (nSPS) is 17.7. The van der Waals surface area contributed by atoms with Gasteiger partial charge < -0.3 is 14.5 Å². The molecule has 0 bridgehead atoms. The number of nitrogens with zero attached hydrogens (tertiary/aromatic N) is 4. The smallest absolute Gasteiger partial charge is 0.257 e. The minimum Gasteiger partial charge on any atom is -0.491 e. The molecule has 2 aromatic carbocycles. The molecule has 1 unspecified atom stereocenters. The summed E-state index contributed by atoms with van der Waals surface area (Å²) in [4.78, 5) is 24.6. The van der Waals surface area contributed by atoms with Crippen LogP contribution in [-0.4, -0.2) is 79.0 Å². The zero-order valence-corrected chi connectivity index (χ0v) is 19.3. The summed E-state index contributed by atoms with van der Waals surface area (Å²) < 4.78 is 5.93. The van der Waals surface area contributed by atoms with Gasteiger partial charge in [0.15, 0.2) is 0 Å². The lowest BCUT2D eigenvalue weighted by molar-refractivity contribution is 0.0593. The van der Waals surface area contributed by atoms with Crippen molar-refractivity contribution in [3.05, 3.63) is 83.7 Å². The third-order valence-corrected chi connectivity index (χ3v) is 6.52. The van der Waals surface area contributed by atoms with Gasteiger partial charge in [0, 0.05) is 44.5 Å². The first-order chi connectivity index (χ1) is 16.1. The van der Waals surface area contributed by atoms with E-state index in [2.05, 4.69) is 40.1 Å². The van der Waals surface area contributed by atoms with Gasteiger partial charge in [0.25, 0.3) is 5.91 Å². The van der Waals surface area contributed by atoms with Crippen molar-refractivity contribution in [3.8, 4) is 16.9 Å². The molecule has 6 heteroatoms. The molecule has 0 N–H and O–H groups in total. The number of fused-ring (bicyclic) bond motifs is 3. The second kappa shape index (κ2) is 9.33. The fourth-order valence-electron chi connectivity index (χ4n) is 4.82. The lowest BCUT2D eigenvalue weighted by Crippen LogP contribution is -2.49. The Morgan fingerprint density at radius 3 is 2.52 bits per heavy atom. The highest BCUT2D eigenvalue weighted by Gasteiger charge is 2.36. The predicted octanol–water partition coefficient (Wildman–Crippen LogP) is 3.55. The highest BCUT2D eigenvalue weighted by Crippen LogP contribution is 2.45. The summed E-state index contributed by atoms with van der Waals surface area (Å²) in [5.74, 6) is 0.704. The quantitative estimate of drug-likeness (QED) is 0.584. The summed E-state index contributed by atoms with van der Waals surface area (Å²) in [5.41, 5.74) is 5.57. The first-order valence-corrected chi connectivity index (χ1v) is 11.6. The van der Waals surface area contributed by atoms with Gasteiger partial charge >= 0.3 is 0 Å². The molecule has 0 radical (unpaired) electrons. The van der Waals surface area contributed by atoms with Crippen molar-refractivity contribution in [2.45, 2.75) is 6.04 Å². The Morgan fingerprint density at radius 1 is 0.970 bits per heavy atom. The lowest BCUT2D eigenvalue weighted by atomic mass is 10.0. The second-order valence-corrected chi connectivity index (χ2v) is 8.90. The standard InChI is InChI=1S/C27H30N4O2/c1-29(2)18-19-33-24-12-6-5-10-23(24)27(32)31-16-14-30(15-17-31)26-22-9-4-3-8-20(22)21-11-7-13-28-25(21)26/h3-13,26H,14-19H2,1-2H3. The van der Waals surface area contributed by atoms with E-state index in [0.29, 0.717) is 31.0 Å². The first-order valence-electron chi connectivity index (χ1n) is 11.6. The number of aromatic nitrogens is 1. The van der Waals surface area contributed by atoms with Crippen LogP contribution in [0.25, 0.3) is 11.1 Å². The molecule has 6 nitrogen and oxygen atoms in total. The van der Waals surface area contributed by atoms with Crippen molar-refractivity contribution in [1.82, 2.24) is 19.7 Å². The average Bonchev–Trinajstić information content (AvgIpc) is 3.18. The maximum Gasteiger partial charge on any atom is 0.257 e. The number of pyridine rings is 1. The topological polar surface area (TPSA) is 48.9 Å². The maximum absolute atomic E-state index is 13.3. The van der Waals surface area contributed by atoms with Crippen LogP contribution in [0.1, 0.15) is 27.7 Å². The minimum atomic E-state index is 0.0421. The fraction of sp³-hybridized carbons (Fsp3) is 0.333. The Bertz CT molecular complexity index is 1090. The van der Waals surface area contributed by atoms with Crippen LogP contribution < -0.4 is 4.74 Å². The van der Waals surface area contributed by atoms with E-state index in [0.717, 1.165) is 25.3 Å². The molecule has 1 aromatic heterocycles. The summed E-state index contributed by atoms with van der Waals surface area (Å²) in [5, 5.41) is 0. The van der Waals surface area contributed by atoms with Crippen molar-refractivity contribution in [2.24, 2.45) is 0 Å². The summed E-state index contributed by atoms with van der Waals surface area (Å²) in [6, 6.07) is 20.5. The van der Waals surface area contributed by atoms with Crippen LogP contribution in [0, 0.1) is 0 Å². The third-order valence-electron chi connectivity index (χ3n) is 6.52. The van der Waals surface area contributed by atoms with Crippen molar-refractivity contribution >= 4 is 5.91 Å². The molecule has 0 spiro atoms. The Balaban J connectivity index is 1.29. The number of piperazine rings is 1. The van der Waals surface area contributed by atoms with Crippen molar-refractivity contribution in [1.29, 1.82) is 0 Å². The predicted molar refractivity (Wildman–Crippen MR) is 129 cm³/mol. The van der Waals surface area contributed by atoms with E-state index in [1.807, 2.05) is 55.5 Å². The molecule has 1 amide bonds. The van der Waals surface area contributed by atoms with Crippen LogP contribution in [-0.2, 0) is 0 Å². The Hall–Kier alpha value is -3.22. The third kappa shape index (κ3) is 4.24. The number of para-hydroxylation sites is 1. The monoisotopic (exact) mass is 442 g/mol. The molecule has 5 rings (SSSR count). The van der Waals surface area contributed by atoms with Gasteiger partial charge in [-0.2, -0.15) is 0 Å². The van der Waals surface area contributed by atoms with Crippen molar-refractivity contribution in [3.63, 3.8) is 0 Å². The number of ether oxygens (including phenoxy) is 1. The first kappa shape index (κ1) is 21.6. The van der Waals surface area contributed by atoms with Crippen LogP contribution in [0.15, 0.2) is 66.9 Å². The van der Waals surface area contributed by atoms with Gasteiger partial charge in [-0.25, -0.2) is 0 Å². The molecule has 170 valence electrons. The van der Waals surface area contributed by atoms with E-state index in [-0.39, 0.29) is 11.9 Å². The van der Waals surface area contributed by atoms with E-state index in [4.69, 9.17) is 9.72 Å². The van der Waals surface area contributed by atoms with Crippen LogP contribution in [0.4, 0.5) is 0 Å². The van der Waals surface area contributed by atoms with Gasteiger partial charge in [0.2, 0.25) is 0 Å².